The van der Waals surface area contributed by atoms with Crippen LogP contribution in [0.2, 0.25) is 0 Å². The monoisotopic (exact) mass is 226 g/mol. The summed E-state index contributed by atoms with van der Waals surface area (Å²) in [4.78, 5) is 20.9. The van der Waals surface area contributed by atoms with E-state index in [1.807, 2.05) is 0 Å². The highest BCUT2D eigenvalue weighted by atomic mass is 16.6. The van der Waals surface area contributed by atoms with Gasteiger partial charge in [0.15, 0.2) is 0 Å². The second kappa shape index (κ2) is 5.24. The normalized spacial score (nSPS) is 10.1. The van der Waals surface area contributed by atoms with Crippen LogP contribution < -0.4 is 5.32 Å². The molecule has 7 heteroatoms. The van der Waals surface area contributed by atoms with E-state index in [0.29, 0.717) is 25.2 Å². The molecule has 0 aromatic carbocycles. The van der Waals surface area contributed by atoms with E-state index < -0.39 is 4.92 Å². The molecule has 0 bridgehead atoms. The maximum Gasteiger partial charge on any atom is 0.390 e. The van der Waals surface area contributed by atoms with Gasteiger partial charge in [-0.2, -0.15) is 4.68 Å². The fraction of sp³-hybridized carbons (Fsp3) is 0.556. The Hall–Kier alpha value is -1.92. The first-order valence-corrected chi connectivity index (χ1v) is 5.00. The number of aryl methyl sites for hydroxylation is 1. The van der Waals surface area contributed by atoms with Gasteiger partial charge in [-0.1, -0.05) is 6.92 Å². The van der Waals surface area contributed by atoms with Gasteiger partial charge in [0.05, 0.1) is 23.4 Å². The lowest BCUT2D eigenvalue weighted by Crippen LogP contribution is -2.26. The van der Waals surface area contributed by atoms with E-state index in [1.165, 1.54) is 10.7 Å². The van der Waals surface area contributed by atoms with Crippen LogP contribution in [0.15, 0.2) is 6.07 Å². The highest BCUT2D eigenvalue weighted by molar-refractivity contribution is 5.75. The molecular weight excluding hydrogens is 212 g/mol. The minimum absolute atomic E-state index is 0.0423. The Morgan fingerprint density at radius 3 is 2.88 bits per heavy atom. The molecule has 1 N–H and O–H groups in total. The molecule has 1 aromatic rings. The van der Waals surface area contributed by atoms with Gasteiger partial charge in [-0.3, -0.25) is 4.79 Å². The van der Waals surface area contributed by atoms with Crippen LogP contribution in [0.25, 0.3) is 0 Å². The Morgan fingerprint density at radius 2 is 2.38 bits per heavy atom. The molecule has 1 aromatic heterocycles. The molecule has 0 saturated heterocycles. The Bertz CT molecular complexity index is 399. The number of rotatable bonds is 5. The summed E-state index contributed by atoms with van der Waals surface area (Å²) >= 11 is 0. The van der Waals surface area contributed by atoms with Crippen molar-refractivity contribution in [2.75, 3.05) is 6.54 Å². The average Bonchev–Trinajstić information content (AvgIpc) is 2.60. The summed E-state index contributed by atoms with van der Waals surface area (Å²) in [6.45, 7) is 4.36. The van der Waals surface area contributed by atoms with Crippen molar-refractivity contribution in [2.45, 2.75) is 26.8 Å². The fourth-order valence-corrected chi connectivity index (χ4v) is 1.23. The summed E-state index contributed by atoms with van der Waals surface area (Å²) in [5, 5.41) is 16.9. The van der Waals surface area contributed by atoms with Crippen LogP contribution >= 0.6 is 0 Å². The van der Waals surface area contributed by atoms with Gasteiger partial charge in [0.2, 0.25) is 5.91 Å². The summed E-state index contributed by atoms with van der Waals surface area (Å²) in [6, 6.07) is 1.40. The van der Waals surface area contributed by atoms with Crippen molar-refractivity contribution in [3.63, 3.8) is 0 Å². The molecule has 0 aliphatic heterocycles. The number of amides is 1. The van der Waals surface area contributed by atoms with Crippen LogP contribution in [0.4, 0.5) is 5.82 Å². The second-order valence-corrected chi connectivity index (χ2v) is 3.33. The van der Waals surface area contributed by atoms with Crippen molar-refractivity contribution in [1.82, 2.24) is 15.1 Å². The molecule has 88 valence electrons. The first-order chi connectivity index (χ1) is 7.54. The highest BCUT2D eigenvalue weighted by Crippen LogP contribution is 2.10. The summed E-state index contributed by atoms with van der Waals surface area (Å²) in [6.07, 6.45) is 0.429. The predicted octanol–water partition coefficient (Wildman–Crippen LogP) is 0.626. The maximum absolute atomic E-state index is 11.0. The highest BCUT2D eigenvalue weighted by Gasteiger charge is 2.14. The van der Waals surface area contributed by atoms with Crippen molar-refractivity contribution < 1.29 is 9.72 Å². The summed E-state index contributed by atoms with van der Waals surface area (Å²) in [5.74, 6) is -0.210. The average molecular weight is 226 g/mol. The van der Waals surface area contributed by atoms with Gasteiger partial charge < -0.3 is 15.4 Å². The maximum atomic E-state index is 11.0. The largest absolute Gasteiger partial charge is 0.390 e. The minimum atomic E-state index is -0.534. The van der Waals surface area contributed by atoms with Crippen LogP contribution in [0.5, 0.6) is 0 Å². The number of hydrogen-bond donors (Lipinski definition) is 1. The zero-order chi connectivity index (χ0) is 12.1. The van der Waals surface area contributed by atoms with Crippen molar-refractivity contribution >= 4 is 11.7 Å². The molecule has 16 heavy (non-hydrogen) atoms. The van der Waals surface area contributed by atoms with Gasteiger partial charge in [-0.15, -0.1) is 0 Å². The number of aromatic nitrogens is 2. The van der Waals surface area contributed by atoms with Crippen molar-refractivity contribution in [3.05, 3.63) is 21.9 Å². The molecule has 1 amide bonds. The van der Waals surface area contributed by atoms with E-state index in [0.717, 1.165) is 0 Å². The van der Waals surface area contributed by atoms with Crippen molar-refractivity contribution in [1.29, 1.82) is 0 Å². The second-order valence-electron chi connectivity index (χ2n) is 3.33. The Morgan fingerprint density at radius 1 is 1.69 bits per heavy atom. The van der Waals surface area contributed by atoms with Crippen LogP contribution in [0, 0.1) is 17.0 Å². The Kier molecular flexibility index (Phi) is 3.98. The van der Waals surface area contributed by atoms with Crippen molar-refractivity contribution in [2.24, 2.45) is 0 Å². The number of hydrogen-bond acceptors (Lipinski definition) is 4. The van der Waals surface area contributed by atoms with Gasteiger partial charge >= 0.3 is 5.82 Å². The fourth-order valence-electron chi connectivity index (χ4n) is 1.23. The number of nitro groups is 1. The van der Waals surface area contributed by atoms with E-state index in [1.54, 1.807) is 13.8 Å². The summed E-state index contributed by atoms with van der Waals surface area (Å²) in [7, 11) is 0. The smallest absolute Gasteiger partial charge is 0.358 e. The van der Waals surface area contributed by atoms with E-state index >= 15 is 0 Å². The lowest BCUT2D eigenvalue weighted by atomic mass is 10.4. The molecule has 0 aliphatic rings. The molecule has 0 saturated carbocycles. The van der Waals surface area contributed by atoms with Crippen molar-refractivity contribution in [3.8, 4) is 0 Å². The third kappa shape index (κ3) is 3.04. The third-order valence-electron chi connectivity index (χ3n) is 2.12. The van der Waals surface area contributed by atoms with Gasteiger partial charge in [0, 0.05) is 13.0 Å². The van der Waals surface area contributed by atoms with Gasteiger partial charge in [0.25, 0.3) is 0 Å². The van der Waals surface area contributed by atoms with Gasteiger partial charge in [0.1, 0.15) is 0 Å². The van der Waals surface area contributed by atoms with Gasteiger partial charge in [-0.05, 0) is 11.8 Å². The summed E-state index contributed by atoms with van der Waals surface area (Å²) in [5.41, 5.74) is 0.706. The first-order valence-electron chi connectivity index (χ1n) is 5.00. The van der Waals surface area contributed by atoms with Gasteiger partial charge in [-0.25, -0.2) is 0 Å². The Balaban J connectivity index is 2.54. The topological polar surface area (TPSA) is 90.1 Å². The van der Waals surface area contributed by atoms with Crippen LogP contribution in [0.1, 0.15) is 19.0 Å². The van der Waals surface area contributed by atoms with E-state index in [9.17, 15) is 14.9 Å². The molecule has 0 radical (unpaired) electrons. The molecule has 0 fully saturated rings. The van der Waals surface area contributed by atoms with Crippen LogP contribution in [-0.2, 0) is 11.3 Å². The summed E-state index contributed by atoms with van der Waals surface area (Å²) < 4.78 is 1.51. The molecule has 1 heterocycles. The molecule has 1 rings (SSSR count). The predicted molar refractivity (Wildman–Crippen MR) is 56.9 cm³/mol. The number of nitrogens with zero attached hydrogens (tertiary/aromatic N) is 3. The molecule has 0 aliphatic carbocycles. The lowest BCUT2D eigenvalue weighted by Gasteiger charge is -2.02. The third-order valence-corrected chi connectivity index (χ3v) is 2.12. The number of nitrogens with one attached hydrogen (secondary N) is 1. The quantitative estimate of drug-likeness (QED) is 0.588. The standard InChI is InChI=1S/C9H14N4O3/c1-3-9(14)10-4-5-12-7(2)6-8(11-12)13(15)16/h6H,3-5H2,1-2H3,(H,10,14). The first kappa shape index (κ1) is 12.2. The number of carbonyl (C=O) groups is 1. The Labute approximate surface area is 92.6 Å². The van der Waals surface area contributed by atoms with Crippen LogP contribution in [-0.4, -0.2) is 27.2 Å². The number of carbonyl (C=O) groups excluding carboxylic acids is 1. The minimum Gasteiger partial charge on any atom is -0.358 e. The van der Waals surface area contributed by atoms with E-state index in [-0.39, 0.29) is 11.7 Å². The molecule has 0 unspecified atom stereocenters. The van der Waals surface area contributed by atoms with E-state index in [2.05, 4.69) is 10.4 Å². The molecule has 7 nitrogen and oxygen atoms in total. The molecular formula is C9H14N4O3. The zero-order valence-electron chi connectivity index (χ0n) is 9.27. The lowest BCUT2D eigenvalue weighted by molar-refractivity contribution is -0.389. The van der Waals surface area contributed by atoms with Crippen LogP contribution in [0.3, 0.4) is 0 Å². The van der Waals surface area contributed by atoms with E-state index in [4.69, 9.17) is 0 Å². The molecule has 0 atom stereocenters. The zero-order valence-corrected chi connectivity index (χ0v) is 9.27. The SMILES string of the molecule is CCC(=O)NCCn1nc([N+](=O)[O-])cc1C. The molecule has 0 spiro atoms.